The molecular weight excluding hydrogens is 407 g/mol. The maximum atomic E-state index is 12.4. The predicted molar refractivity (Wildman–Crippen MR) is 105 cm³/mol. The largest absolute Gasteiger partial charge is 0.335 e. The Morgan fingerprint density at radius 3 is 2.70 bits per heavy atom. The molecule has 1 aromatic carbocycles. The first-order valence-corrected chi connectivity index (χ1v) is 10.1. The number of carbonyl (C=O) groups excluding carboxylic acids is 1. The smallest absolute Gasteiger partial charge is 0.264 e. The fourth-order valence-corrected chi connectivity index (χ4v) is 4.14. The van der Waals surface area contributed by atoms with Gasteiger partial charge in [-0.1, -0.05) is 34.4 Å². The summed E-state index contributed by atoms with van der Waals surface area (Å²) >= 11 is 13.6. The predicted octanol–water partition coefficient (Wildman–Crippen LogP) is 4.06. The van der Waals surface area contributed by atoms with E-state index in [1.807, 2.05) is 22.4 Å². The number of carbonyl (C=O) groups is 1. The number of hydrogen-bond donors (Lipinski definition) is 0. The van der Waals surface area contributed by atoms with Gasteiger partial charge >= 0.3 is 0 Å². The van der Waals surface area contributed by atoms with Crippen molar-refractivity contribution in [1.82, 2.24) is 19.9 Å². The number of benzene rings is 1. The Morgan fingerprint density at radius 1 is 1.19 bits per heavy atom. The van der Waals surface area contributed by atoms with Gasteiger partial charge in [0.25, 0.3) is 11.8 Å². The molecule has 2 aromatic heterocycles. The zero-order valence-corrected chi connectivity index (χ0v) is 16.6. The molecule has 3 heterocycles. The average molecular weight is 423 g/mol. The van der Waals surface area contributed by atoms with Crippen LogP contribution in [0.1, 0.15) is 15.5 Å². The number of nitrogens with zero attached hydrogens (tertiary/aromatic N) is 4. The van der Waals surface area contributed by atoms with Gasteiger partial charge in [-0.25, -0.2) is 0 Å². The molecule has 0 unspecified atom stereocenters. The van der Waals surface area contributed by atoms with Crippen molar-refractivity contribution in [2.45, 2.75) is 6.54 Å². The van der Waals surface area contributed by atoms with Crippen molar-refractivity contribution in [1.29, 1.82) is 0 Å². The summed E-state index contributed by atoms with van der Waals surface area (Å²) in [7, 11) is 0. The van der Waals surface area contributed by atoms with E-state index in [0.717, 1.165) is 18.0 Å². The van der Waals surface area contributed by atoms with Crippen LogP contribution in [-0.2, 0) is 6.54 Å². The number of halogens is 2. The van der Waals surface area contributed by atoms with E-state index in [2.05, 4.69) is 15.0 Å². The Hall–Kier alpha value is -1.93. The summed E-state index contributed by atoms with van der Waals surface area (Å²) in [4.78, 5) is 21.7. The molecule has 0 atom stereocenters. The maximum Gasteiger partial charge on any atom is 0.264 e. The van der Waals surface area contributed by atoms with Crippen molar-refractivity contribution in [3.8, 4) is 11.5 Å². The minimum absolute atomic E-state index is 0.101. The monoisotopic (exact) mass is 422 g/mol. The Balaban J connectivity index is 1.36. The minimum atomic E-state index is 0.101. The Kier molecular flexibility index (Phi) is 5.45. The van der Waals surface area contributed by atoms with E-state index in [9.17, 15) is 4.79 Å². The van der Waals surface area contributed by atoms with Crippen LogP contribution in [0.15, 0.2) is 40.2 Å². The van der Waals surface area contributed by atoms with Gasteiger partial charge in [-0.05, 0) is 29.6 Å². The van der Waals surface area contributed by atoms with E-state index >= 15 is 0 Å². The second kappa shape index (κ2) is 7.98. The highest BCUT2D eigenvalue weighted by molar-refractivity contribution is 7.12. The summed E-state index contributed by atoms with van der Waals surface area (Å²) in [5.41, 5.74) is 0.659. The molecule has 27 heavy (non-hydrogen) atoms. The highest BCUT2D eigenvalue weighted by Gasteiger charge is 2.24. The number of rotatable bonds is 4. The van der Waals surface area contributed by atoms with Gasteiger partial charge in [0.15, 0.2) is 5.82 Å². The van der Waals surface area contributed by atoms with Gasteiger partial charge in [-0.2, -0.15) is 4.98 Å². The van der Waals surface area contributed by atoms with Crippen LogP contribution in [0.2, 0.25) is 10.0 Å². The van der Waals surface area contributed by atoms with Crippen LogP contribution in [0.25, 0.3) is 11.5 Å². The second-order valence-corrected chi connectivity index (χ2v) is 7.98. The van der Waals surface area contributed by atoms with Crippen LogP contribution in [0, 0.1) is 0 Å². The van der Waals surface area contributed by atoms with Gasteiger partial charge < -0.3 is 9.42 Å². The van der Waals surface area contributed by atoms with Gasteiger partial charge in [0.2, 0.25) is 0 Å². The van der Waals surface area contributed by atoms with Gasteiger partial charge in [0.1, 0.15) is 0 Å². The molecule has 0 radical (unpaired) electrons. The lowest BCUT2D eigenvalue weighted by Gasteiger charge is -2.33. The molecule has 0 spiro atoms. The van der Waals surface area contributed by atoms with Crippen molar-refractivity contribution < 1.29 is 9.32 Å². The minimum Gasteiger partial charge on any atom is -0.335 e. The van der Waals surface area contributed by atoms with E-state index < -0.39 is 0 Å². The van der Waals surface area contributed by atoms with Crippen molar-refractivity contribution in [2.75, 3.05) is 26.2 Å². The first kappa shape index (κ1) is 18.4. The van der Waals surface area contributed by atoms with Gasteiger partial charge in [-0.15, -0.1) is 11.3 Å². The van der Waals surface area contributed by atoms with E-state index in [-0.39, 0.29) is 5.91 Å². The number of piperazine rings is 1. The lowest BCUT2D eigenvalue weighted by molar-refractivity contribution is 0.0629. The van der Waals surface area contributed by atoms with Crippen LogP contribution < -0.4 is 0 Å². The molecule has 0 bridgehead atoms. The van der Waals surface area contributed by atoms with Crippen LogP contribution in [0.5, 0.6) is 0 Å². The van der Waals surface area contributed by atoms with Crippen molar-refractivity contribution in [2.24, 2.45) is 0 Å². The molecular formula is C18H16Cl2N4O2S. The van der Waals surface area contributed by atoms with Crippen molar-refractivity contribution >= 4 is 40.4 Å². The zero-order valence-electron chi connectivity index (χ0n) is 14.3. The molecule has 3 aromatic rings. The van der Waals surface area contributed by atoms with Crippen LogP contribution in [0.3, 0.4) is 0 Å². The summed E-state index contributed by atoms with van der Waals surface area (Å²) in [6.45, 7) is 3.47. The summed E-state index contributed by atoms with van der Waals surface area (Å²) in [6.07, 6.45) is 0. The van der Waals surface area contributed by atoms with Crippen LogP contribution in [-0.4, -0.2) is 52.0 Å². The SMILES string of the molecule is O=C(c1cccs1)N1CCN(Cc2noc(-c3ccc(Cl)cc3Cl)n2)CC1. The summed E-state index contributed by atoms with van der Waals surface area (Å²) < 4.78 is 5.34. The van der Waals surface area contributed by atoms with E-state index in [4.69, 9.17) is 27.7 Å². The lowest BCUT2D eigenvalue weighted by Crippen LogP contribution is -2.48. The standard InChI is InChI=1S/C18H16Cl2N4O2S/c19-12-3-4-13(14(20)10-12)17-21-16(22-26-17)11-23-5-7-24(8-6-23)18(25)15-2-1-9-27-15/h1-4,9-10H,5-8,11H2. The highest BCUT2D eigenvalue weighted by Crippen LogP contribution is 2.29. The molecule has 6 nitrogen and oxygen atoms in total. The number of hydrogen-bond acceptors (Lipinski definition) is 6. The molecule has 9 heteroatoms. The Morgan fingerprint density at radius 2 is 2.00 bits per heavy atom. The molecule has 1 fully saturated rings. The Bertz CT molecular complexity index is 937. The molecule has 140 valence electrons. The van der Waals surface area contributed by atoms with Crippen LogP contribution >= 0.6 is 34.5 Å². The first-order valence-electron chi connectivity index (χ1n) is 8.43. The number of thiophene rings is 1. The van der Waals surface area contributed by atoms with E-state index in [0.29, 0.717) is 47.0 Å². The third-order valence-electron chi connectivity index (χ3n) is 4.39. The van der Waals surface area contributed by atoms with Crippen LogP contribution in [0.4, 0.5) is 0 Å². The second-order valence-electron chi connectivity index (χ2n) is 6.19. The molecule has 1 saturated heterocycles. The first-order chi connectivity index (χ1) is 13.1. The summed E-state index contributed by atoms with van der Waals surface area (Å²) in [5, 5.41) is 6.99. The fraction of sp³-hybridized carbons (Fsp3) is 0.278. The molecule has 0 saturated carbocycles. The highest BCUT2D eigenvalue weighted by atomic mass is 35.5. The summed E-state index contributed by atoms with van der Waals surface area (Å²) in [6, 6.07) is 8.90. The zero-order chi connectivity index (χ0) is 18.8. The van der Waals surface area contributed by atoms with Gasteiger partial charge in [0, 0.05) is 31.2 Å². The average Bonchev–Trinajstić information content (AvgIpc) is 3.34. The quantitative estimate of drug-likeness (QED) is 0.633. The molecule has 4 rings (SSSR count). The van der Waals surface area contributed by atoms with E-state index in [1.165, 1.54) is 11.3 Å². The molecule has 1 aliphatic rings. The van der Waals surface area contributed by atoms with E-state index in [1.54, 1.807) is 18.2 Å². The van der Waals surface area contributed by atoms with Gasteiger partial charge in [-0.3, -0.25) is 9.69 Å². The van der Waals surface area contributed by atoms with Crippen molar-refractivity contribution in [3.63, 3.8) is 0 Å². The van der Waals surface area contributed by atoms with Gasteiger partial charge in [0.05, 0.1) is 22.0 Å². The Labute approximate surface area is 170 Å². The molecule has 1 amide bonds. The maximum absolute atomic E-state index is 12.4. The molecule has 0 aliphatic carbocycles. The normalized spacial score (nSPS) is 15.3. The molecule has 1 aliphatic heterocycles. The third-order valence-corrected chi connectivity index (χ3v) is 5.79. The number of aromatic nitrogens is 2. The molecule has 0 N–H and O–H groups in total. The number of amides is 1. The lowest BCUT2D eigenvalue weighted by atomic mass is 10.2. The third kappa shape index (κ3) is 4.16. The fourth-order valence-electron chi connectivity index (χ4n) is 2.96. The van der Waals surface area contributed by atoms with Crippen molar-refractivity contribution in [3.05, 3.63) is 56.5 Å². The summed E-state index contributed by atoms with van der Waals surface area (Å²) in [5.74, 6) is 1.07. The topological polar surface area (TPSA) is 62.5 Å².